The molecule has 0 spiro atoms. The van der Waals surface area contributed by atoms with Crippen molar-refractivity contribution in [1.82, 2.24) is 0 Å². The van der Waals surface area contributed by atoms with Crippen molar-refractivity contribution in [3.05, 3.63) is 64.7 Å². The fraction of sp³-hybridized carbons (Fsp3) is 0.333. The maximum atomic E-state index is 13.0. The van der Waals surface area contributed by atoms with E-state index >= 15 is 0 Å². The molecular formula is C18H19ClO4S. The van der Waals surface area contributed by atoms with Crippen LogP contribution in [0, 0.1) is 12.3 Å². The van der Waals surface area contributed by atoms with E-state index in [1.54, 1.807) is 0 Å². The predicted octanol–water partition coefficient (Wildman–Crippen LogP) is 2.56. The lowest BCUT2D eigenvalue weighted by Crippen LogP contribution is -2.23. The van der Waals surface area contributed by atoms with Crippen LogP contribution in [0.25, 0.3) is 0 Å². The van der Waals surface area contributed by atoms with Crippen LogP contribution in [0.3, 0.4) is 0 Å². The number of aliphatic hydroxyl groups is 2. The van der Waals surface area contributed by atoms with E-state index in [-0.39, 0.29) is 18.1 Å². The number of aliphatic hydroxyl groups excluding tert-OH is 2. The molecule has 0 radical (unpaired) electrons. The van der Waals surface area contributed by atoms with Crippen LogP contribution in [0.2, 0.25) is 5.02 Å². The van der Waals surface area contributed by atoms with E-state index in [1.165, 1.54) is 24.3 Å². The third-order valence-electron chi connectivity index (χ3n) is 4.88. The summed E-state index contributed by atoms with van der Waals surface area (Å²) >= 11 is 5.83. The van der Waals surface area contributed by atoms with Gasteiger partial charge in [0.25, 0.3) is 0 Å². The van der Waals surface area contributed by atoms with Gasteiger partial charge in [0.1, 0.15) is 0 Å². The summed E-state index contributed by atoms with van der Waals surface area (Å²) in [6, 6.07) is 13.5. The van der Waals surface area contributed by atoms with Gasteiger partial charge in [-0.25, -0.2) is 8.42 Å². The van der Waals surface area contributed by atoms with Crippen molar-refractivity contribution < 1.29 is 18.6 Å². The van der Waals surface area contributed by atoms with Crippen molar-refractivity contribution in [2.45, 2.75) is 23.0 Å². The van der Waals surface area contributed by atoms with Gasteiger partial charge in [0.05, 0.1) is 23.4 Å². The Kier molecular flexibility index (Phi) is 4.47. The molecule has 1 saturated carbocycles. The molecule has 1 aliphatic rings. The molecule has 0 bridgehead atoms. The first kappa shape index (κ1) is 17.4. The molecule has 1 aliphatic carbocycles. The molecule has 6 heteroatoms. The molecule has 2 N–H and O–H groups in total. The van der Waals surface area contributed by atoms with Crippen LogP contribution < -0.4 is 0 Å². The third kappa shape index (κ3) is 2.65. The molecule has 2 aromatic carbocycles. The average molecular weight is 367 g/mol. The highest BCUT2D eigenvalue weighted by Crippen LogP contribution is 2.63. The Morgan fingerprint density at radius 2 is 1.54 bits per heavy atom. The number of benzene rings is 2. The third-order valence-corrected chi connectivity index (χ3v) is 7.47. The number of hydrogen-bond acceptors (Lipinski definition) is 4. The maximum absolute atomic E-state index is 13.0. The molecule has 0 aromatic heterocycles. The lowest BCUT2D eigenvalue weighted by atomic mass is 10.00. The summed E-state index contributed by atoms with van der Waals surface area (Å²) in [4.78, 5) is 0.151. The Labute approximate surface area is 146 Å². The Morgan fingerprint density at radius 1 is 1.00 bits per heavy atom. The summed E-state index contributed by atoms with van der Waals surface area (Å²) in [6.45, 7) is 1.17. The second kappa shape index (κ2) is 6.15. The number of sulfone groups is 1. The molecule has 0 aliphatic heterocycles. The van der Waals surface area contributed by atoms with Crippen molar-refractivity contribution in [2.75, 3.05) is 13.2 Å². The lowest BCUT2D eigenvalue weighted by molar-refractivity contribution is 0.130. The van der Waals surface area contributed by atoms with Crippen LogP contribution in [-0.4, -0.2) is 37.1 Å². The summed E-state index contributed by atoms with van der Waals surface area (Å²) in [5.74, 6) is -0.436. The SMILES string of the molecule is Cc1ccc([C@@H]2[C@H](S(=O)(=O)c3ccc(Cl)cc3)C2(CO)CO)cc1. The fourth-order valence-corrected chi connectivity index (χ4v) is 5.98. The standard InChI is InChI=1S/C18H19ClO4S/c1-12-2-4-13(5-3-12)16-17(18(16,10-20)11-21)24(22,23)15-8-6-14(19)7-9-15/h2-9,16-17,20-21H,10-11H2,1H3/t16-,17+/m1/s1. The quantitative estimate of drug-likeness (QED) is 0.852. The topological polar surface area (TPSA) is 74.6 Å². The largest absolute Gasteiger partial charge is 0.396 e. The van der Waals surface area contributed by atoms with Gasteiger partial charge in [0.2, 0.25) is 0 Å². The van der Waals surface area contributed by atoms with Crippen LogP contribution in [0.15, 0.2) is 53.4 Å². The fourth-order valence-electron chi connectivity index (χ4n) is 3.42. The smallest absolute Gasteiger partial charge is 0.182 e. The maximum Gasteiger partial charge on any atom is 0.182 e. The van der Waals surface area contributed by atoms with Crippen LogP contribution in [-0.2, 0) is 9.84 Å². The highest BCUT2D eigenvalue weighted by Gasteiger charge is 2.70. The summed E-state index contributed by atoms with van der Waals surface area (Å²) in [5.41, 5.74) is 0.814. The van der Waals surface area contributed by atoms with Gasteiger partial charge in [-0.2, -0.15) is 0 Å². The lowest BCUT2D eigenvalue weighted by Gasteiger charge is -2.11. The monoisotopic (exact) mass is 366 g/mol. The van der Waals surface area contributed by atoms with Gasteiger partial charge in [0.15, 0.2) is 9.84 Å². The first-order chi connectivity index (χ1) is 11.4. The van der Waals surface area contributed by atoms with Crippen LogP contribution in [0.1, 0.15) is 17.0 Å². The molecule has 128 valence electrons. The van der Waals surface area contributed by atoms with E-state index in [4.69, 9.17) is 11.6 Å². The molecule has 24 heavy (non-hydrogen) atoms. The summed E-state index contributed by atoms with van der Waals surface area (Å²) in [5, 5.41) is 19.2. The van der Waals surface area contributed by atoms with Crippen LogP contribution >= 0.6 is 11.6 Å². The van der Waals surface area contributed by atoms with Crippen molar-refractivity contribution >= 4 is 21.4 Å². The second-order valence-corrected chi connectivity index (χ2v) is 8.86. The highest BCUT2D eigenvalue weighted by atomic mass is 35.5. The normalized spacial score (nSPS) is 22.3. The molecule has 2 atom stereocenters. The van der Waals surface area contributed by atoms with E-state index in [9.17, 15) is 18.6 Å². The van der Waals surface area contributed by atoms with Gasteiger partial charge in [0, 0.05) is 16.4 Å². The Morgan fingerprint density at radius 3 is 2.04 bits per heavy atom. The van der Waals surface area contributed by atoms with E-state index in [0.29, 0.717) is 5.02 Å². The second-order valence-electron chi connectivity index (χ2n) is 6.36. The van der Waals surface area contributed by atoms with Crippen molar-refractivity contribution in [1.29, 1.82) is 0 Å². The van der Waals surface area contributed by atoms with Crippen molar-refractivity contribution in [2.24, 2.45) is 5.41 Å². The van der Waals surface area contributed by atoms with Gasteiger partial charge in [-0.1, -0.05) is 41.4 Å². The Balaban J connectivity index is 2.04. The van der Waals surface area contributed by atoms with E-state index in [2.05, 4.69) is 0 Å². The number of hydrogen-bond donors (Lipinski definition) is 2. The minimum atomic E-state index is -3.70. The van der Waals surface area contributed by atoms with Crippen molar-refractivity contribution in [3.63, 3.8) is 0 Å². The number of aryl methyl sites for hydroxylation is 1. The summed E-state index contributed by atoms with van der Waals surface area (Å²) in [7, 11) is -3.70. The molecule has 4 nitrogen and oxygen atoms in total. The molecule has 3 rings (SSSR count). The minimum Gasteiger partial charge on any atom is -0.396 e. The first-order valence-corrected chi connectivity index (χ1v) is 9.57. The molecular weight excluding hydrogens is 348 g/mol. The summed E-state index contributed by atoms with van der Waals surface area (Å²) in [6.07, 6.45) is 0. The molecule has 0 saturated heterocycles. The summed E-state index contributed by atoms with van der Waals surface area (Å²) < 4.78 is 26.0. The van der Waals surface area contributed by atoms with E-state index in [0.717, 1.165) is 11.1 Å². The average Bonchev–Trinajstić information content (AvgIpc) is 3.26. The minimum absolute atomic E-state index is 0.151. The highest BCUT2D eigenvalue weighted by molar-refractivity contribution is 7.92. The predicted molar refractivity (Wildman–Crippen MR) is 93.0 cm³/mol. The van der Waals surface area contributed by atoms with Crippen LogP contribution in [0.4, 0.5) is 0 Å². The number of halogens is 1. The molecule has 2 aromatic rings. The van der Waals surface area contributed by atoms with E-state index < -0.39 is 26.4 Å². The first-order valence-electron chi connectivity index (χ1n) is 7.64. The molecule has 0 unspecified atom stereocenters. The number of rotatable bonds is 5. The van der Waals surface area contributed by atoms with Gasteiger partial charge in [-0.3, -0.25) is 0 Å². The van der Waals surface area contributed by atoms with Gasteiger partial charge in [-0.05, 0) is 36.8 Å². The molecule has 1 fully saturated rings. The van der Waals surface area contributed by atoms with Gasteiger partial charge in [-0.15, -0.1) is 0 Å². The van der Waals surface area contributed by atoms with Crippen molar-refractivity contribution in [3.8, 4) is 0 Å². The zero-order valence-electron chi connectivity index (χ0n) is 13.2. The Bertz CT molecular complexity index is 824. The van der Waals surface area contributed by atoms with Gasteiger partial charge < -0.3 is 10.2 Å². The Hall–Kier alpha value is -1.40. The van der Waals surface area contributed by atoms with Crippen LogP contribution in [0.5, 0.6) is 0 Å². The van der Waals surface area contributed by atoms with Gasteiger partial charge >= 0.3 is 0 Å². The molecule has 0 heterocycles. The van der Waals surface area contributed by atoms with E-state index in [1.807, 2.05) is 31.2 Å². The zero-order chi connectivity index (χ0) is 17.5. The zero-order valence-corrected chi connectivity index (χ0v) is 14.8. The molecule has 0 amide bonds.